The minimum atomic E-state index is 0.225. The van der Waals surface area contributed by atoms with Crippen LogP contribution in [0.3, 0.4) is 0 Å². The normalized spacial score (nSPS) is 29.8. The van der Waals surface area contributed by atoms with Crippen molar-refractivity contribution in [1.82, 2.24) is 24.9 Å². The number of piperidine rings is 3. The average molecular weight is 434 g/mol. The first-order valence-electron chi connectivity index (χ1n) is 12.2. The van der Waals surface area contributed by atoms with Crippen molar-refractivity contribution < 1.29 is 9.32 Å². The largest absolute Gasteiger partial charge is 0.339 e. The lowest BCUT2D eigenvalue weighted by atomic mass is 9.68. The van der Waals surface area contributed by atoms with Crippen LogP contribution >= 0.6 is 0 Å². The van der Waals surface area contributed by atoms with Crippen molar-refractivity contribution in [1.29, 1.82) is 0 Å². The molecule has 2 aromatic rings. The van der Waals surface area contributed by atoms with Crippen LogP contribution < -0.4 is 0 Å². The molecule has 0 saturated carbocycles. The Morgan fingerprint density at radius 1 is 1.16 bits per heavy atom. The Bertz CT molecular complexity index is 1000. The average Bonchev–Trinajstić information content (AvgIpc) is 3.32. The van der Waals surface area contributed by atoms with Crippen LogP contribution in [0.4, 0.5) is 0 Å². The molecule has 168 valence electrons. The van der Waals surface area contributed by atoms with E-state index < -0.39 is 0 Å². The Kier molecular flexibility index (Phi) is 5.29. The van der Waals surface area contributed by atoms with Gasteiger partial charge in [0.15, 0.2) is 0 Å². The lowest BCUT2D eigenvalue weighted by molar-refractivity contribution is -0.136. The number of aryl methyl sites for hydroxylation is 1. The summed E-state index contributed by atoms with van der Waals surface area (Å²) < 4.78 is 5.42. The molecule has 6 rings (SSSR count). The SMILES string of the molecule is O=C(CCc1nc(-c2ccncc2)no1)N1CCCC2=C[C@H]3C[C@H](CN4CCCC[C@@H]34)[C@H]21. The van der Waals surface area contributed by atoms with Gasteiger partial charge < -0.3 is 9.42 Å². The maximum atomic E-state index is 13.3. The number of carbonyl (C=O) groups excluding carboxylic acids is 1. The van der Waals surface area contributed by atoms with E-state index in [0.29, 0.717) is 42.4 Å². The first kappa shape index (κ1) is 20.1. The van der Waals surface area contributed by atoms with Crippen LogP contribution in [-0.4, -0.2) is 62.5 Å². The van der Waals surface area contributed by atoms with E-state index >= 15 is 0 Å². The number of nitrogens with zero attached hydrogens (tertiary/aromatic N) is 5. The maximum Gasteiger partial charge on any atom is 0.227 e. The summed E-state index contributed by atoms with van der Waals surface area (Å²) >= 11 is 0. The highest BCUT2D eigenvalue weighted by Gasteiger charge is 2.46. The van der Waals surface area contributed by atoms with Crippen LogP contribution in [0.1, 0.15) is 50.8 Å². The molecule has 4 aliphatic rings. The number of pyridine rings is 1. The minimum absolute atomic E-state index is 0.225. The molecule has 3 saturated heterocycles. The highest BCUT2D eigenvalue weighted by molar-refractivity contribution is 5.77. The predicted molar refractivity (Wildman–Crippen MR) is 119 cm³/mol. The zero-order valence-electron chi connectivity index (χ0n) is 18.5. The van der Waals surface area contributed by atoms with E-state index in [1.165, 1.54) is 37.8 Å². The van der Waals surface area contributed by atoms with Crippen LogP contribution in [0.25, 0.3) is 11.4 Å². The van der Waals surface area contributed by atoms with Crippen molar-refractivity contribution >= 4 is 5.91 Å². The Balaban J connectivity index is 1.15. The summed E-state index contributed by atoms with van der Waals surface area (Å²) in [5.41, 5.74) is 2.41. The van der Waals surface area contributed by atoms with E-state index in [2.05, 4.69) is 31.0 Å². The quantitative estimate of drug-likeness (QED) is 0.687. The highest BCUT2D eigenvalue weighted by atomic mass is 16.5. The second-order valence-electron chi connectivity index (χ2n) is 9.84. The third kappa shape index (κ3) is 3.66. The van der Waals surface area contributed by atoms with Gasteiger partial charge in [0, 0.05) is 49.9 Å². The van der Waals surface area contributed by atoms with Gasteiger partial charge in [-0.1, -0.05) is 23.2 Å². The highest BCUT2D eigenvalue weighted by Crippen LogP contribution is 2.45. The number of hydrogen-bond donors (Lipinski definition) is 0. The topological polar surface area (TPSA) is 75.4 Å². The summed E-state index contributed by atoms with van der Waals surface area (Å²) in [5, 5.41) is 4.07. The van der Waals surface area contributed by atoms with Crippen molar-refractivity contribution in [2.75, 3.05) is 19.6 Å². The molecule has 4 atom stereocenters. The third-order valence-corrected chi connectivity index (χ3v) is 7.94. The zero-order valence-corrected chi connectivity index (χ0v) is 18.5. The monoisotopic (exact) mass is 433 g/mol. The standard InChI is InChI=1S/C25H31N5O2/c31-23(7-6-22-27-25(28-32-22)17-8-10-26-11-9-17)30-13-3-4-18-14-19-15-20(24(18)30)16-29-12-2-1-5-21(19)29/h8-11,14,19-21,24H,1-7,12-13,15-16H2/t19-,20+,21-,24-/m0/s1. The second-order valence-corrected chi connectivity index (χ2v) is 9.84. The molecule has 3 fully saturated rings. The van der Waals surface area contributed by atoms with Gasteiger partial charge in [0.25, 0.3) is 0 Å². The molecular weight excluding hydrogens is 402 g/mol. The van der Waals surface area contributed by atoms with Gasteiger partial charge in [0.05, 0.1) is 6.04 Å². The Hall–Kier alpha value is -2.54. The van der Waals surface area contributed by atoms with Gasteiger partial charge in [-0.3, -0.25) is 14.7 Å². The summed E-state index contributed by atoms with van der Waals surface area (Å²) in [6.45, 7) is 3.27. The molecule has 0 unspecified atom stereocenters. The molecule has 2 bridgehead atoms. The van der Waals surface area contributed by atoms with Crippen molar-refractivity contribution in [3.8, 4) is 11.4 Å². The lowest BCUT2D eigenvalue weighted by Gasteiger charge is -2.54. The number of fused-ring (bicyclic) bond motifs is 6. The second kappa shape index (κ2) is 8.43. The first-order valence-corrected chi connectivity index (χ1v) is 12.2. The Morgan fingerprint density at radius 2 is 2.06 bits per heavy atom. The summed E-state index contributed by atoms with van der Waals surface area (Å²) in [7, 11) is 0. The van der Waals surface area contributed by atoms with Crippen LogP contribution in [0.5, 0.6) is 0 Å². The van der Waals surface area contributed by atoms with E-state index in [4.69, 9.17) is 4.52 Å². The molecule has 2 aromatic heterocycles. The van der Waals surface area contributed by atoms with E-state index in [0.717, 1.165) is 37.5 Å². The van der Waals surface area contributed by atoms with Gasteiger partial charge >= 0.3 is 0 Å². The minimum Gasteiger partial charge on any atom is -0.339 e. The van der Waals surface area contributed by atoms with Gasteiger partial charge in [0.2, 0.25) is 17.6 Å². The molecule has 1 aliphatic carbocycles. The van der Waals surface area contributed by atoms with Crippen LogP contribution in [0, 0.1) is 11.8 Å². The molecule has 0 aromatic carbocycles. The molecule has 0 N–H and O–H groups in total. The molecule has 32 heavy (non-hydrogen) atoms. The first-order chi connectivity index (χ1) is 15.8. The number of likely N-dealkylation sites (tertiary alicyclic amines) is 1. The maximum absolute atomic E-state index is 13.3. The Labute approximate surface area is 188 Å². The van der Waals surface area contributed by atoms with E-state index in [1.54, 1.807) is 12.4 Å². The van der Waals surface area contributed by atoms with Crippen LogP contribution in [0.2, 0.25) is 0 Å². The molecule has 7 heteroatoms. The van der Waals surface area contributed by atoms with Crippen molar-refractivity contribution in [3.05, 3.63) is 42.1 Å². The van der Waals surface area contributed by atoms with Crippen molar-refractivity contribution in [3.63, 3.8) is 0 Å². The fourth-order valence-corrected chi connectivity index (χ4v) is 6.59. The fourth-order valence-electron chi connectivity index (χ4n) is 6.59. The number of amides is 1. The molecule has 7 nitrogen and oxygen atoms in total. The summed E-state index contributed by atoms with van der Waals surface area (Å²) in [6.07, 6.45) is 14.4. The van der Waals surface area contributed by atoms with Crippen molar-refractivity contribution in [2.24, 2.45) is 11.8 Å². The van der Waals surface area contributed by atoms with E-state index in [1.807, 2.05) is 12.1 Å². The van der Waals surface area contributed by atoms with Gasteiger partial charge in [0.1, 0.15) is 0 Å². The predicted octanol–water partition coefficient (Wildman–Crippen LogP) is 3.49. The van der Waals surface area contributed by atoms with E-state index in [-0.39, 0.29) is 5.91 Å². The molecule has 1 amide bonds. The van der Waals surface area contributed by atoms with Crippen molar-refractivity contribution in [2.45, 2.75) is 63.5 Å². The van der Waals surface area contributed by atoms with Gasteiger partial charge in [-0.05, 0) is 62.6 Å². The summed E-state index contributed by atoms with van der Waals surface area (Å²) in [6, 6.07) is 4.75. The number of rotatable bonds is 4. The molecule has 3 aliphatic heterocycles. The lowest BCUT2D eigenvalue weighted by Crippen LogP contribution is -2.60. The number of hydrogen-bond acceptors (Lipinski definition) is 6. The smallest absolute Gasteiger partial charge is 0.227 e. The van der Waals surface area contributed by atoms with Gasteiger partial charge in [-0.25, -0.2) is 0 Å². The Morgan fingerprint density at radius 3 is 2.97 bits per heavy atom. The fraction of sp³-hybridized carbons (Fsp3) is 0.600. The van der Waals surface area contributed by atoms with Crippen LogP contribution in [0.15, 0.2) is 40.7 Å². The molecule has 0 radical (unpaired) electrons. The molecule has 5 heterocycles. The summed E-state index contributed by atoms with van der Waals surface area (Å²) in [4.78, 5) is 26.7. The zero-order chi connectivity index (χ0) is 21.5. The molecule has 0 spiro atoms. The van der Waals surface area contributed by atoms with Gasteiger partial charge in [-0.15, -0.1) is 0 Å². The number of carbonyl (C=O) groups is 1. The molecular formula is C25H31N5O2. The van der Waals surface area contributed by atoms with Crippen LogP contribution in [-0.2, 0) is 11.2 Å². The number of aromatic nitrogens is 3. The third-order valence-electron chi connectivity index (χ3n) is 7.94. The van der Waals surface area contributed by atoms with Gasteiger partial charge in [-0.2, -0.15) is 4.98 Å². The van der Waals surface area contributed by atoms with E-state index in [9.17, 15) is 4.79 Å². The summed E-state index contributed by atoms with van der Waals surface area (Å²) in [5.74, 6) is 2.58.